The van der Waals surface area contributed by atoms with Crippen LogP contribution in [0.1, 0.15) is 19.4 Å². The van der Waals surface area contributed by atoms with Gasteiger partial charge in [-0.1, -0.05) is 0 Å². The van der Waals surface area contributed by atoms with Crippen molar-refractivity contribution < 1.29 is 0 Å². The van der Waals surface area contributed by atoms with Crippen molar-refractivity contribution in [2.75, 3.05) is 23.9 Å². The van der Waals surface area contributed by atoms with Crippen LogP contribution < -0.4 is 11.1 Å². The van der Waals surface area contributed by atoms with Gasteiger partial charge in [0.2, 0.25) is 0 Å². The van der Waals surface area contributed by atoms with Gasteiger partial charge in [0, 0.05) is 29.2 Å². The maximum atomic E-state index is 5.81. The molecule has 1 aromatic heterocycles. The van der Waals surface area contributed by atoms with E-state index in [0.717, 1.165) is 23.6 Å². The molecular weight excluding hydrogens is 206 g/mol. The van der Waals surface area contributed by atoms with Gasteiger partial charge in [0.15, 0.2) is 0 Å². The summed E-state index contributed by atoms with van der Waals surface area (Å²) in [6.07, 6.45) is 3.91. The third-order valence-electron chi connectivity index (χ3n) is 2.39. The lowest BCUT2D eigenvalue weighted by Gasteiger charge is -2.22. The molecule has 84 valence electrons. The number of hydrogen-bond donors (Lipinski definition) is 2. The second-order valence-electron chi connectivity index (χ2n) is 4.24. The van der Waals surface area contributed by atoms with E-state index in [1.54, 1.807) is 6.20 Å². The summed E-state index contributed by atoms with van der Waals surface area (Å²) in [4.78, 5) is 4.28. The Hall–Kier alpha value is -0.900. The number of nitrogens with two attached hydrogens (primary N) is 1. The van der Waals surface area contributed by atoms with Crippen molar-refractivity contribution in [3.05, 3.63) is 17.8 Å². The number of nitrogens with one attached hydrogen (secondary N) is 1. The van der Waals surface area contributed by atoms with Gasteiger partial charge in [0.25, 0.3) is 0 Å². The fraction of sp³-hybridized carbons (Fsp3) is 0.545. The Kier molecular flexibility index (Phi) is 3.85. The molecule has 1 aromatic rings. The number of nitrogen functional groups attached to an aromatic ring is 1. The predicted molar refractivity (Wildman–Crippen MR) is 69.5 cm³/mol. The van der Waals surface area contributed by atoms with E-state index in [1.807, 2.05) is 24.8 Å². The van der Waals surface area contributed by atoms with Crippen molar-refractivity contribution in [3.63, 3.8) is 0 Å². The predicted octanol–water partition coefficient (Wildman–Crippen LogP) is 2.53. The van der Waals surface area contributed by atoms with Crippen molar-refractivity contribution in [3.8, 4) is 0 Å². The number of pyridine rings is 1. The molecule has 0 radical (unpaired) electrons. The molecule has 0 fully saturated rings. The van der Waals surface area contributed by atoms with Crippen molar-refractivity contribution >= 4 is 23.3 Å². The highest BCUT2D eigenvalue weighted by molar-refractivity contribution is 7.99. The van der Waals surface area contributed by atoms with E-state index in [9.17, 15) is 0 Å². The molecule has 0 unspecified atom stereocenters. The summed E-state index contributed by atoms with van der Waals surface area (Å²) in [7, 11) is 0. The standard InChI is InChI=1S/C11H19N3S/c1-8-6-13-10(5-9(8)12)14-7-11(2,3)15-4/h5-6H,7H2,1-4H3,(H3,12,13,14). The first kappa shape index (κ1) is 12.2. The molecule has 0 aliphatic carbocycles. The maximum absolute atomic E-state index is 5.81. The van der Waals surface area contributed by atoms with Gasteiger partial charge in [-0.15, -0.1) is 0 Å². The summed E-state index contributed by atoms with van der Waals surface area (Å²) in [6, 6.07) is 1.88. The molecule has 0 saturated carbocycles. The lowest BCUT2D eigenvalue weighted by molar-refractivity contribution is 0.750. The van der Waals surface area contributed by atoms with Crippen LogP contribution in [0.25, 0.3) is 0 Å². The van der Waals surface area contributed by atoms with Gasteiger partial charge >= 0.3 is 0 Å². The molecule has 0 aliphatic rings. The van der Waals surface area contributed by atoms with Gasteiger partial charge in [-0.2, -0.15) is 11.8 Å². The molecule has 1 rings (SSSR count). The van der Waals surface area contributed by atoms with E-state index in [-0.39, 0.29) is 4.75 Å². The largest absolute Gasteiger partial charge is 0.398 e. The van der Waals surface area contributed by atoms with Crippen LogP contribution in [0.2, 0.25) is 0 Å². The lowest BCUT2D eigenvalue weighted by Crippen LogP contribution is -2.26. The summed E-state index contributed by atoms with van der Waals surface area (Å²) in [6.45, 7) is 7.23. The van der Waals surface area contributed by atoms with Gasteiger partial charge in [-0.25, -0.2) is 4.98 Å². The Bertz CT molecular complexity index is 337. The normalized spacial score (nSPS) is 11.5. The summed E-state index contributed by atoms with van der Waals surface area (Å²) >= 11 is 1.83. The molecule has 0 amide bonds. The van der Waals surface area contributed by atoms with Gasteiger partial charge in [0.05, 0.1) is 0 Å². The minimum absolute atomic E-state index is 0.210. The Morgan fingerprint density at radius 3 is 2.73 bits per heavy atom. The second-order valence-corrected chi connectivity index (χ2v) is 5.76. The lowest BCUT2D eigenvalue weighted by atomic mass is 10.2. The smallest absolute Gasteiger partial charge is 0.128 e. The molecule has 3 nitrogen and oxygen atoms in total. The Morgan fingerprint density at radius 1 is 1.53 bits per heavy atom. The molecule has 0 bridgehead atoms. The van der Waals surface area contributed by atoms with E-state index in [1.165, 1.54) is 0 Å². The van der Waals surface area contributed by atoms with E-state index < -0.39 is 0 Å². The molecule has 0 aromatic carbocycles. The molecular formula is C11H19N3S. The number of aryl methyl sites for hydroxylation is 1. The van der Waals surface area contributed by atoms with Crippen molar-refractivity contribution in [2.45, 2.75) is 25.5 Å². The second kappa shape index (κ2) is 4.75. The van der Waals surface area contributed by atoms with Crippen molar-refractivity contribution in [2.24, 2.45) is 0 Å². The Morgan fingerprint density at radius 2 is 2.20 bits per heavy atom. The summed E-state index contributed by atoms with van der Waals surface area (Å²) in [5.41, 5.74) is 7.61. The van der Waals surface area contributed by atoms with Crippen LogP contribution in [-0.2, 0) is 0 Å². The van der Waals surface area contributed by atoms with Gasteiger partial charge in [-0.05, 0) is 32.6 Å². The number of aromatic nitrogens is 1. The number of thioether (sulfide) groups is 1. The van der Waals surface area contributed by atoms with E-state index in [4.69, 9.17) is 5.73 Å². The molecule has 3 N–H and O–H groups in total. The Labute approximate surface area is 95.9 Å². The van der Waals surface area contributed by atoms with Crippen LogP contribution in [0, 0.1) is 6.92 Å². The first-order valence-corrected chi connectivity index (χ1v) is 6.18. The topological polar surface area (TPSA) is 50.9 Å². The van der Waals surface area contributed by atoms with Crippen molar-refractivity contribution in [1.82, 2.24) is 4.98 Å². The number of hydrogen-bond acceptors (Lipinski definition) is 4. The molecule has 0 spiro atoms. The third kappa shape index (κ3) is 3.63. The zero-order chi connectivity index (χ0) is 11.5. The molecule has 4 heteroatoms. The molecule has 1 heterocycles. The van der Waals surface area contributed by atoms with Gasteiger partial charge in [-0.3, -0.25) is 0 Å². The maximum Gasteiger partial charge on any atom is 0.128 e. The first-order valence-electron chi connectivity index (χ1n) is 4.96. The zero-order valence-electron chi connectivity index (χ0n) is 9.79. The van der Waals surface area contributed by atoms with E-state index in [0.29, 0.717) is 0 Å². The summed E-state index contributed by atoms with van der Waals surface area (Å²) in [5, 5.41) is 3.29. The van der Waals surface area contributed by atoms with Crippen LogP contribution >= 0.6 is 11.8 Å². The number of nitrogens with zero attached hydrogens (tertiary/aromatic N) is 1. The van der Waals surface area contributed by atoms with E-state index >= 15 is 0 Å². The van der Waals surface area contributed by atoms with Crippen LogP contribution in [0.5, 0.6) is 0 Å². The molecule has 0 atom stereocenters. The monoisotopic (exact) mass is 225 g/mol. The molecule has 0 saturated heterocycles. The van der Waals surface area contributed by atoms with Gasteiger partial charge in [0.1, 0.15) is 5.82 Å². The number of anilines is 2. The quantitative estimate of drug-likeness (QED) is 0.826. The first-order chi connectivity index (χ1) is 6.94. The molecule has 0 aliphatic heterocycles. The average Bonchev–Trinajstić information content (AvgIpc) is 2.20. The number of rotatable bonds is 4. The minimum atomic E-state index is 0.210. The molecule has 15 heavy (non-hydrogen) atoms. The Balaban J connectivity index is 2.62. The fourth-order valence-electron chi connectivity index (χ4n) is 1.01. The SMILES string of the molecule is CSC(C)(C)CNc1cc(N)c(C)cn1. The highest BCUT2D eigenvalue weighted by Crippen LogP contribution is 2.22. The summed E-state index contributed by atoms with van der Waals surface area (Å²) in [5.74, 6) is 0.847. The van der Waals surface area contributed by atoms with Gasteiger partial charge < -0.3 is 11.1 Å². The van der Waals surface area contributed by atoms with Crippen LogP contribution in [0.15, 0.2) is 12.3 Å². The zero-order valence-corrected chi connectivity index (χ0v) is 10.6. The summed E-state index contributed by atoms with van der Waals surface area (Å²) < 4.78 is 0.210. The van der Waals surface area contributed by atoms with Crippen LogP contribution in [0.4, 0.5) is 11.5 Å². The van der Waals surface area contributed by atoms with Crippen LogP contribution in [0.3, 0.4) is 0 Å². The minimum Gasteiger partial charge on any atom is -0.398 e. The fourth-order valence-corrected chi connectivity index (χ4v) is 1.23. The highest BCUT2D eigenvalue weighted by Gasteiger charge is 2.15. The third-order valence-corrected chi connectivity index (χ3v) is 3.64. The van der Waals surface area contributed by atoms with Crippen molar-refractivity contribution in [1.29, 1.82) is 0 Å². The highest BCUT2D eigenvalue weighted by atomic mass is 32.2. The van der Waals surface area contributed by atoms with Crippen LogP contribution in [-0.4, -0.2) is 22.5 Å². The average molecular weight is 225 g/mol. The van der Waals surface area contributed by atoms with E-state index in [2.05, 4.69) is 30.4 Å².